The van der Waals surface area contributed by atoms with Crippen molar-refractivity contribution in [1.29, 1.82) is 0 Å². The minimum Gasteiger partial charge on any atom is -0.481 e. The highest BCUT2D eigenvalue weighted by atomic mass is 16.4. The van der Waals surface area contributed by atoms with Crippen molar-refractivity contribution in [3.05, 3.63) is 24.3 Å². The number of hydrogen-bond donors (Lipinski definition) is 1. The fraction of sp³-hybridized carbons (Fsp3) is 0.825. The van der Waals surface area contributed by atoms with E-state index in [0.29, 0.717) is 19.3 Å². The predicted octanol–water partition coefficient (Wildman–Crippen LogP) is 12.3. The number of hydrogen-bond acceptors (Lipinski definition) is 3. The van der Waals surface area contributed by atoms with Crippen molar-refractivity contribution in [2.24, 2.45) is 0 Å². The van der Waals surface area contributed by atoms with Crippen molar-refractivity contribution in [2.45, 2.75) is 206 Å². The number of carboxylic acid groups (broad SMARTS) is 1. The average molecular weight is 632 g/mol. The van der Waals surface area contributed by atoms with E-state index in [0.717, 1.165) is 51.4 Å². The van der Waals surface area contributed by atoms with Crippen LogP contribution in [0, 0.1) is 0 Å². The fourth-order valence-electron chi connectivity index (χ4n) is 5.74. The monoisotopic (exact) mass is 632 g/mol. The standard InChI is InChI=1S/C40H73NO4/c1-3-5-7-9-11-13-15-17-19-21-23-25-27-29-31-34-38(42)41(37-33-36-40(44)45)39(43)35-32-30-28-26-24-22-20-18-16-14-12-10-8-6-4-2/h17-20H,3-16,21-37H2,1-2H3,(H,44,45). The maximum atomic E-state index is 12.9. The van der Waals surface area contributed by atoms with Crippen LogP contribution in [0.4, 0.5) is 0 Å². The summed E-state index contributed by atoms with van der Waals surface area (Å²) in [6, 6.07) is 0. The summed E-state index contributed by atoms with van der Waals surface area (Å²) in [6.07, 6.45) is 41.8. The first-order valence-corrected chi connectivity index (χ1v) is 19.4. The van der Waals surface area contributed by atoms with Gasteiger partial charge in [-0.15, -0.1) is 0 Å². The van der Waals surface area contributed by atoms with Crippen LogP contribution in [0.5, 0.6) is 0 Å². The van der Waals surface area contributed by atoms with Crippen LogP contribution < -0.4 is 0 Å². The molecule has 262 valence electrons. The van der Waals surface area contributed by atoms with Crippen LogP contribution in [0.3, 0.4) is 0 Å². The summed E-state index contributed by atoms with van der Waals surface area (Å²) in [7, 11) is 0. The summed E-state index contributed by atoms with van der Waals surface area (Å²) in [4.78, 5) is 38.1. The molecule has 5 nitrogen and oxygen atoms in total. The third kappa shape index (κ3) is 31.8. The highest BCUT2D eigenvalue weighted by Gasteiger charge is 2.20. The zero-order valence-corrected chi connectivity index (χ0v) is 29.8. The molecule has 0 rings (SSSR count). The van der Waals surface area contributed by atoms with Gasteiger partial charge in [0.25, 0.3) is 0 Å². The molecule has 0 aromatic carbocycles. The summed E-state index contributed by atoms with van der Waals surface area (Å²) < 4.78 is 0. The van der Waals surface area contributed by atoms with E-state index in [1.165, 1.54) is 120 Å². The summed E-state index contributed by atoms with van der Waals surface area (Å²) >= 11 is 0. The van der Waals surface area contributed by atoms with Gasteiger partial charge < -0.3 is 5.11 Å². The van der Waals surface area contributed by atoms with Gasteiger partial charge in [0.2, 0.25) is 11.8 Å². The van der Waals surface area contributed by atoms with Gasteiger partial charge >= 0.3 is 5.97 Å². The Bertz CT molecular complexity index is 693. The number of nitrogens with zero attached hydrogens (tertiary/aromatic N) is 1. The minimum absolute atomic E-state index is 0.0160. The van der Waals surface area contributed by atoms with E-state index in [2.05, 4.69) is 38.2 Å². The van der Waals surface area contributed by atoms with Crippen molar-refractivity contribution in [1.82, 2.24) is 4.90 Å². The Morgan fingerprint density at radius 2 is 0.733 bits per heavy atom. The number of rotatable bonds is 34. The van der Waals surface area contributed by atoms with Crippen molar-refractivity contribution in [3.63, 3.8) is 0 Å². The molecular formula is C40H73NO4. The first kappa shape index (κ1) is 43.1. The second-order valence-corrected chi connectivity index (χ2v) is 13.1. The van der Waals surface area contributed by atoms with Gasteiger partial charge in [0.05, 0.1) is 0 Å². The molecule has 0 spiro atoms. The third-order valence-electron chi connectivity index (χ3n) is 8.68. The molecule has 0 unspecified atom stereocenters. The molecule has 0 saturated carbocycles. The lowest BCUT2D eigenvalue weighted by molar-refractivity contribution is -0.146. The van der Waals surface area contributed by atoms with Crippen molar-refractivity contribution in [2.75, 3.05) is 6.54 Å². The van der Waals surface area contributed by atoms with E-state index >= 15 is 0 Å². The molecule has 2 amide bonds. The molecule has 0 aromatic heterocycles. The summed E-state index contributed by atoms with van der Waals surface area (Å²) in [5.41, 5.74) is 0. The van der Waals surface area contributed by atoms with Gasteiger partial charge in [-0.1, -0.05) is 141 Å². The van der Waals surface area contributed by atoms with Gasteiger partial charge in [0.1, 0.15) is 0 Å². The highest BCUT2D eigenvalue weighted by Crippen LogP contribution is 2.14. The van der Waals surface area contributed by atoms with E-state index in [4.69, 9.17) is 5.11 Å². The molecule has 1 N–H and O–H groups in total. The Hall–Kier alpha value is -1.91. The van der Waals surface area contributed by atoms with Crippen LogP contribution in [0.1, 0.15) is 206 Å². The lowest BCUT2D eigenvalue weighted by Gasteiger charge is -2.21. The lowest BCUT2D eigenvalue weighted by Crippen LogP contribution is -2.37. The Labute approximate surface area is 279 Å². The number of unbranched alkanes of at least 4 members (excludes halogenated alkanes) is 22. The van der Waals surface area contributed by atoms with E-state index in [1.807, 2.05) is 0 Å². The van der Waals surface area contributed by atoms with Crippen LogP contribution in [-0.4, -0.2) is 34.3 Å². The topological polar surface area (TPSA) is 74.7 Å². The maximum absolute atomic E-state index is 12.9. The maximum Gasteiger partial charge on any atom is 0.303 e. The Kier molecular flexibility index (Phi) is 33.5. The molecule has 0 bridgehead atoms. The van der Waals surface area contributed by atoms with Crippen molar-refractivity contribution < 1.29 is 19.5 Å². The fourth-order valence-corrected chi connectivity index (χ4v) is 5.74. The van der Waals surface area contributed by atoms with Gasteiger partial charge in [-0.05, 0) is 70.6 Å². The van der Waals surface area contributed by atoms with Crippen LogP contribution in [-0.2, 0) is 14.4 Å². The number of carbonyl (C=O) groups is 3. The second-order valence-electron chi connectivity index (χ2n) is 13.1. The number of carbonyl (C=O) groups excluding carboxylic acids is 2. The molecule has 0 atom stereocenters. The number of allylic oxidation sites excluding steroid dienone is 4. The van der Waals surface area contributed by atoms with Gasteiger partial charge in [-0.3, -0.25) is 19.3 Å². The molecule has 0 aliphatic heterocycles. The third-order valence-corrected chi connectivity index (χ3v) is 8.68. The smallest absolute Gasteiger partial charge is 0.303 e. The molecule has 0 aliphatic carbocycles. The summed E-state index contributed by atoms with van der Waals surface area (Å²) in [6.45, 7) is 4.74. The van der Waals surface area contributed by atoms with E-state index in [1.54, 1.807) is 0 Å². The van der Waals surface area contributed by atoms with Gasteiger partial charge in [0, 0.05) is 25.8 Å². The molecule has 0 aliphatic rings. The summed E-state index contributed by atoms with van der Waals surface area (Å²) in [5.74, 6) is -1.14. The molecule has 0 aromatic rings. The van der Waals surface area contributed by atoms with Crippen LogP contribution in [0.15, 0.2) is 24.3 Å². The van der Waals surface area contributed by atoms with E-state index in [-0.39, 0.29) is 24.8 Å². The molecule has 5 heteroatoms. The second kappa shape index (κ2) is 35.0. The Balaban J connectivity index is 4.01. The van der Waals surface area contributed by atoms with E-state index < -0.39 is 5.97 Å². The molecule has 45 heavy (non-hydrogen) atoms. The van der Waals surface area contributed by atoms with Crippen LogP contribution >= 0.6 is 0 Å². The lowest BCUT2D eigenvalue weighted by atomic mass is 10.1. The van der Waals surface area contributed by atoms with Crippen LogP contribution in [0.2, 0.25) is 0 Å². The van der Waals surface area contributed by atoms with E-state index in [9.17, 15) is 14.4 Å². The molecule has 0 saturated heterocycles. The van der Waals surface area contributed by atoms with Gasteiger partial charge in [-0.2, -0.15) is 0 Å². The zero-order chi connectivity index (χ0) is 33.1. The zero-order valence-electron chi connectivity index (χ0n) is 29.8. The SMILES string of the molecule is CCCCCCCCC=CCCCCCCCC(=O)N(CCCC(=O)O)C(=O)CCCCCCCC=CCCCCCCCC. The first-order valence-electron chi connectivity index (χ1n) is 19.4. The Morgan fingerprint density at radius 3 is 1.07 bits per heavy atom. The number of aliphatic carboxylic acids is 1. The quantitative estimate of drug-likeness (QED) is 0.0566. The molecule has 0 fully saturated rings. The average Bonchev–Trinajstić information content (AvgIpc) is 3.02. The van der Waals surface area contributed by atoms with Gasteiger partial charge in [0.15, 0.2) is 0 Å². The van der Waals surface area contributed by atoms with Crippen LogP contribution in [0.25, 0.3) is 0 Å². The first-order chi connectivity index (χ1) is 22.0. The normalized spacial score (nSPS) is 11.6. The summed E-state index contributed by atoms with van der Waals surface area (Å²) in [5, 5.41) is 9.01. The highest BCUT2D eigenvalue weighted by molar-refractivity contribution is 5.95. The van der Waals surface area contributed by atoms with Gasteiger partial charge in [-0.25, -0.2) is 0 Å². The predicted molar refractivity (Wildman–Crippen MR) is 192 cm³/mol. The molecular weight excluding hydrogens is 558 g/mol. The molecule has 0 radical (unpaired) electrons. The minimum atomic E-state index is -0.885. The number of amides is 2. The molecule has 0 heterocycles. The van der Waals surface area contributed by atoms with Crippen molar-refractivity contribution in [3.8, 4) is 0 Å². The largest absolute Gasteiger partial charge is 0.481 e. The Morgan fingerprint density at radius 1 is 0.422 bits per heavy atom. The number of carboxylic acids is 1. The number of imide groups is 1. The van der Waals surface area contributed by atoms with Crippen molar-refractivity contribution >= 4 is 17.8 Å².